The third-order valence-electron chi connectivity index (χ3n) is 3.38. The molecule has 0 aliphatic carbocycles. The number of aromatic nitrogens is 1. The maximum Gasteiger partial charge on any atom is 0.226 e. The van der Waals surface area contributed by atoms with Crippen molar-refractivity contribution < 1.29 is 4.79 Å². The maximum atomic E-state index is 11.8. The van der Waals surface area contributed by atoms with Crippen molar-refractivity contribution in [2.45, 2.75) is 39.0 Å². The van der Waals surface area contributed by atoms with E-state index in [2.05, 4.69) is 17.2 Å². The zero-order chi connectivity index (χ0) is 14.2. The average molecular weight is 270 g/mol. The molecule has 2 aromatic rings. The van der Waals surface area contributed by atoms with Crippen LogP contribution in [0, 0.1) is 0 Å². The molecular weight excluding hydrogens is 248 g/mol. The van der Waals surface area contributed by atoms with Crippen LogP contribution in [0.1, 0.15) is 38.3 Å². The number of fused-ring (bicyclic) bond motifs is 1. The van der Waals surface area contributed by atoms with Crippen molar-refractivity contribution in [1.29, 1.82) is 0 Å². The van der Waals surface area contributed by atoms with Crippen LogP contribution in [0.15, 0.2) is 36.5 Å². The molecule has 0 radical (unpaired) electrons. The first kappa shape index (κ1) is 14.5. The van der Waals surface area contributed by atoms with Gasteiger partial charge >= 0.3 is 0 Å². The number of pyridine rings is 1. The number of carbonyl (C=O) groups is 1. The number of nitrogens with one attached hydrogen (secondary N) is 1. The normalized spacial score (nSPS) is 10.7. The lowest BCUT2D eigenvalue weighted by atomic mass is 10.1. The molecule has 0 fully saturated rings. The Bertz CT molecular complexity index is 566. The van der Waals surface area contributed by atoms with Crippen LogP contribution in [0.5, 0.6) is 0 Å². The summed E-state index contributed by atoms with van der Waals surface area (Å²) >= 11 is 0. The molecule has 0 spiro atoms. The van der Waals surface area contributed by atoms with Crippen molar-refractivity contribution in [1.82, 2.24) is 10.3 Å². The molecule has 3 nitrogen and oxygen atoms in total. The number of hydrogen-bond donors (Lipinski definition) is 1. The molecule has 20 heavy (non-hydrogen) atoms. The minimum atomic E-state index is 0.0595. The van der Waals surface area contributed by atoms with E-state index in [9.17, 15) is 4.79 Å². The maximum absolute atomic E-state index is 11.8. The van der Waals surface area contributed by atoms with Gasteiger partial charge < -0.3 is 5.32 Å². The number of benzene rings is 1. The van der Waals surface area contributed by atoms with Crippen molar-refractivity contribution in [3.8, 4) is 0 Å². The van der Waals surface area contributed by atoms with E-state index >= 15 is 0 Å². The Morgan fingerprint density at radius 3 is 2.75 bits per heavy atom. The van der Waals surface area contributed by atoms with Crippen LogP contribution in [-0.4, -0.2) is 17.4 Å². The molecular formula is C17H22N2O. The fraction of sp³-hybridized carbons (Fsp3) is 0.412. The van der Waals surface area contributed by atoms with Gasteiger partial charge in [0.05, 0.1) is 12.1 Å². The fourth-order valence-electron chi connectivity index (χ4n) is 2.23. The van der Waals surface area contributed by atoms with Crippen LogP contribution < -0.4 is 5.32 Å². The van der Waals surface area contributed by atoms with E-state index < -0.39 is 0 Å². The van der Waals surface area contributed by atoms with Gasteiger partial charge in [-0.15, -0.1) is 0 Å². The molecule has 106 valence electrons. The smallest absolute Gasteiger partial charge is 0.226 e. The first-order valence-electron chi connectivity index (χ1n) is 7.40. The second-order valence-electron chi connectivity index (χ2n) is 5.11. The van der Waals surface area contributed by atoms with E-state index in [1.54, 1.807) is 0 Å². The summed E-state index contributed by atoms with van der Waals surface area (Å²) in [7, 11) is 0. The predicted molar refractivity (Wildman–Crippen MR) is 82.6 cm³/mol. The zero-order valence-electron chi connectivity index (χ0n) is 12.1. The lowest BCUT2D eigenvalue weighted by Crippen LogP contribution is -2.26. The van der Waals surface area contributed by atoms with E-state index in [-0.39, 0.29) is 5.91 Å². The number of amides is 1. The summed E-state index contributed by atoms with van der Waals surface area (Å²) in [5.41, 5.74) is 0.828. The Balaban J connectivity index is 1.83. The third kappa shape index (κ3) is 4.34. The molecule has 2 rings (SSSR count). The van der Waals surface area contributed by atoms with Crippen LogP contribution in [0.4, 0.5) is 0 Å². The summed E-state index contributed by atoms with van der Waals surface area (Å²) in [5.74, 6) is 0.0595. The van der Waals surface area contributed by atoms with Gasteiger partial charge in [0.2, 0.25) is 5.91 Å². The van der Waals surface area contributed by atoms with E-state index in [0.717, 1.165) is 29.4 Å². The Kier molecular flexibility index (Phi) is 5.54. The van der Waals surface area contributed by atoms with Gasteiger partial charge in [0.15, 0.2) is 0 Å². The van der Waals surface area contributed by atoms with Crippen molar-refractivity contribution in [2.75, 3.05) is 6.54 Å². The van der Waals surface area contributed by atoms with Crippen molar-refractivity contribution in [3.05, 3.63) is 42.2 Å². The first-order valence-corrected chi connectivity index (χ1v) is 7.40. The SMILES string of the molecule is CCCCCCNC(=O)Cc1cc2ccccc2cn1. The number of carbonyl (C=O) groups excluding carboxylic acids is 1. The number of hydrogen-bond acceptors (Lipinski definition) is 2. The number of rotatable bonds is 7. The molecule has 0 atom stereocenters. The van der Waals surface area contributed by atoms with Gasteiger partial charge in [-0.25, -0.2) is 0 Å². The Morgan fingerprint density at radius 2 is 1.95 bits per heavy atom. The van der Waals surface area contributed by atoms with Gasteiger partial charge in [-0.1, -0.05) is 50.5 Å². The molecule has 3 heteroatoms. The van der Waals surface area contributed by atoms with Gasteiger partial charge in [0.1, 0.15) is 0 Å². The van der Waals surface area contributed by atoms with Crippen LogP contribution in [-0.2, 0) is 11.2 Å². The number of unbranched alkanes of at least 4 members (excludes halogenated alkanes) is 3. The standard InChI is InChI=1S/C17H22N2O/c1-2-3-4-7-10-18-17(20)12-16-11-14-8-5-6-9-15(14)13-19-16/h5-6,8-9,11,13H,2-4,7,10,12H2,1H3,(H,18,20). The van der Waals surface area contributed by atoms with E-state index in [1.165, 1.54) is 19.3 Å². The fourth-order valence-corrected chi connectivity index (χ4v) is 2.23. The molecule has 0 bridgehead atoms. The van der Waals surface area contributed by atoms with E-state index in [1.807, 2.05) is 36.5 Å². The molecule has 1 N–H and O–H groups in total. The van der Waals surface area contributed by atoms with Crippen LogP contribution in [0.3, 0.4) is 0 Å². The van der Waals surface area contributed by atoms with Gasteiger partial charge in [0, 0.05) is 18.1 Å². The molecule has 1 amide bonds. The lowest BCUT2D eigenvalue weighted by Gasteiger charge is -2.05. The summed E-state index contributed by atoms with van der Waals surface area (Å²) < 4.78 is 0. The number of nitrogens with zero attached hydrogens (tertiary/aromatic N) is 1. The molecule has 0 aliphatic rings. The van der Waals surface area contributed by atoms with E-state index in [0.29, 0.717) is 6.42 Å². The summed E-state index contributed by atoms with van der Waals surface area (Å²) in [6, 6.07) is 10.1. The summed E-state index contributed by atoms with van der Waals surface area (Å²) in [5, 5.41) is 5.20. The summed E-state index contributed by atoms with van der Waals surface area (Å²) in [6.45, 7) is 2.95. The van der Waals surface area contributed by atoms with Crippen molar-refractivity contribution in [2.24, 2.45) is 0 Å². The highest BCUT2D eigenvalue weighted by molar-refractivity contribution is 5.84. The Morgan fingerprint density at radius 1 is 1.15 bits per heavy atom. The first-order chi connectivity index (χ1) is 9.79. The quantitative estimate of drug-likeness (QED) is 0.783. The largest absolute Gasteiger partial charge is 0.356 e. The van der Waals surface area contributed by atoms with Crippen LogP contribution >= 0.6 is 0 Å². The van der Waals surface area contributed by atoms with Crippen molar-refractivity contribution >= 4 is 16.7 Å². The molecule has 0 unspecified atom stereocenters. The van der Waals surface area contributed by atoms with Gasteiger partial charge in [-0.05, 0) is 17.9 Å². The van der Waals surface area contributed by atoms with Gasteiger partial charge in [0.25, 0.3) is 0 Å². The second kappa shape index (κ2) is 7.63. The van der Waals surface area contributed by atoms with Gasteiger partial charge in [-0.2, -0.15) is 0 Å². The topological polar surface area (TPSA) is 42.0 Å². The average Bonchev–Trinajstić information content (AvgIpc) is 2.47. The molecule has 0 saturated heterocycles. The second-order valence-corrected chi connectivity index (χ2v) is 5.11. The highest BCUT2D eigenvalue weighted by atomic mass is 16.1. The minimum absolute atomic E-state index is 0.0595. The highest BCUT2D eigenvalue weighted by Crippen LogP contribution is 2.13. The molecule has 1 aromatic carbocycles. The van der Waals surface area contributed by atoms with Crippen LogP contribution in [0.2, 0.25) is 0 Å². The molecule has 1 heterocycles. The Hall–Kier alpha value is -1.90. The molecule has 0 aliphatic heterocycles. The zero-order valence-corrected chi connectivity index (χ0v) is 12.1. The monoisotopic (exact) mass is 270 g/mol. The minimum Gasteiger partial charge on any atom is -0.356 e. The van der Waals surface area contributed by atoms with Crippen molar-refractivity contribution in [3.63, 3.8) is 0 Å². The van der Waals surface area contributed by atoms with E-state index in [4.69, 9.17) is 0 Å². The Labute approximate surface area is 120 Å². The molecule has 0 saturated carbocycles. The third-order valence-corrected chi connectivity index (χ3v) is 3.38. The highest BCUT2D eigenvalue weighted by Gasteiger charge is 2.04. The summed E-state index contributed by atoms with van der Waals surface area (Å²) in [6.07, 6.45) is 6.89. The van der Waals surface area contributed by atoms with Crippen LogP contribution in [0.25, 0.3) is 10.8 Å². The van der Waals surface area contributed by atoms with Gasteiger partial charge in [-0.3, -0.25) is 9.78 Å². The predicted octanol–water partition coefficient (Wildman–Crippen LogP) is 3.47. The lowest BCUT2D eigenvalue weighted by molar-refractivity contribution is -0.120. The molecule has 1 aromatic heterocycles. The summed E-state index contributed by atoms with van der Waals surface area (Å²) in [4.78, 5) is 16.2.